The van der Waals surface area contributed by atoms with Gasteiger partial charge < -0.3 is 19.7 Å². The van der Waals surface area contributed by atoms with Crippen molar-refractivity contribution in [2.75, 3.05) is 25.7 Å². The number of hydrogen-bond acceptors (Lipinski definition) is 6. The lowest BCUT2D eigenvalue weighted by molar-refractivity contribution is 0.0946. The Balaban J connectivity index is 1.55. The van der Waals surface area contributed by atoms with Gasteiger partial charge in [0.1, 0.15) is 5.69 Å². The number of carbonyl (C=O) groups excluding carboxylic acids is 1. The molecule has 0 radical (unpaired) electrons. The lowest BCUT2D eigenvalue weighted by atomic mass is 9.99. The Morgan fingerprint density at radius 2 is 1.92 bits per heavy atom. The zero-order chi connectivity index (χ0) is 18.1. The highest BCUT2D eigenvalue weighted by Crippen LogP contribution is 2.33. The first-order valence-electron chi connectivity index (χ1n) is 8.80. The number of hydrogen-bond donors (Lipinski definition) is 1. The van der Waals surface area contributed by atoms with Crippen molar-refractivity contribution >= 4 is 11.9 Å². The van der Waals surface area contributed by atoms with Crippen molar-refractivity contribution in [1.29, 1.82) is 0 Å². The average molecular weight is 354 g/mol. The second-order valence-electron chi connectivity index (χ2n) is 6.64. The fourth-order valence-electron chi connectivity index (χ4n) is 3.17. The van der Waals surface area contributed by atoms with Gasteiger partial charge in [0, 0.05) is 25.3 Å². The van der Waals surface area contributed by atoms with E-state index in [1.165, 1.54) is 5.56 Å². The molecule has 0 spiro atoms. The van der Waals surface area contributed by atoms with Gasteiger partial charge >= 0.3 is 0 Å². The maximum atomic E-state index is 12.2. The predicted molar refractivity (Wildman–Crippen MR) is 96.8 cm³/mol. The zero-order valence-corrected chi connectivity index (χ0v) is 15.0. The van der Waals surface area contributed by atoms with Crippen LogP contribution in [0.15, 0.2) is 24.4 Å². The first kappa shape index (κ1) is 16.6. The van der Waals surface area contributed by atoms with Gasteiger partial charge in [-0.15, -0.1) is 0 Å². The summed E-state index contributed by atoms with van der Waals surface area (Å²) < 4.78 is 10.8. The van der Waals surface area contributed by atoms with E-state index in [0.29, 0.717) is 30.0 Å². The SMILES string of the molecule is COc1cc2c(cc1OC)CN(c1nccc(C(=O)NC3CC3)n1)CC2. The second kappa shape index (κ2) is 6.82. The van der Waals surface area contributed by atoms with Gasteiger partial charge in [0.2, 0.25) is 5.95 Å². The Bertz CT molecular complexity index is 836. The van der Waals surface area contributed by atoms with Gasteiger partial charge in [-0.3, -0.25) is 4.79 Å². The van der Waals surface area contributed by atoms with Crippen LogP contribution in [-0.4, -0.2) is 42.7 Å². The van der Waals surface area contributed by atoms with E-state index < -0.39 is 0 Å². The molecule has 1 aliphatic heterocycles. The molecule has 2 heterocycles. The molecule has 7 nitrogen and oxygen atoms in total. The largest absolute Gasteiger partial charge is 0.493 e. The van der Waals surface area contributed by atoms with Crippen LogP contribution in [0.1, 0.15) is 34.5 Å². The van der Waals surface area contributed by atoms with E-state index in [1.807, 2.05) is 12.1 Å². The normalized spacial score (nSPS) is 16.0. The molecule has 1 amide bonds. The summed E-state index contributed by atoms with van der Waals surface area (Å²) in [4.78, 5) is 23.2. The molecular weight excluding hydrogens is 332 g/mol. The minimum Gasteiger partial charge on any atom is -0.493 e. The third-order valence-electron chi connectivity index (χ3n) is 4.79. The van der Waals surface area contributed by atoms with Crippen molar-refractivity contribution in [2.45, 2.75) is 31.8 Å². The van der Waals surface area contributed by atoms with Gasteiger partial charge in [0.25, 0.3) is 5.91 Å². The molecule has 1 aromatic carbocycles. The van der Waals surface area contributed by atoms with Crippen molar-refractivity contribution < 1.29 is 14.3 Å². The first-order valence-corrected chi connectivity index (χ1v) is 8.80. The summed E-state index contributed by atoms with van der Waals surface area (Å²) >= 11 is 0. The molecule has 26 heavy (non-hydrogen) atoms. The molecule has 0 atom stereocenters. The summed E-state index contributed by atoms with van der Waals surface area (Å²) in [6.45, 7) is 1.46. The van der Waals surface area contributed by atoms with Crippen LogP contribution in [0, 0.1) is 0 Å². The molecular formula is C19H22N4O3. The van der Waals surface area contributed by atoms with Gasteiger partial charge in [-0.2, -0.15) is 0 Å². The fraction of sp³-hybridized carbons (Fsp3) is 0.421. The van der Waals surface area contributed by atoms with Gasteiger partial charge in [-0.05, 0) is 48.6 Å². The number of anilines is 1. The standard InChI is InChI=1S/C19H22N4O3/c1-25-16-9-12-6-8-23(11-13(12)10-17(16)26-2)19-20-7-5-15(22-19)18(24)21-14-3-4-14/h5,7,9-10,14H,3-4,6,8,11H2,1-2H3,(H,21,24). The van der Waals surface area contributed by atoms with Crippen molar-refractivity contribution in [3.05, 3.63) is 41.2 Å². The van der Waals surface area contributed by atoms with E-state index in [0.717, 1.165) is 37.1 Å². The Labute approximate surface area is 152 Å². The Kier molecular flexibility index (Phi) is 4.36. The van der Waals surface area contributed by atoms with Crippen LogP contribution in [0.25, 0.3) is 0 Å². The fourth-order valence-corrected chi connectivity index (χ4v) is 3.17. The number of fused-ring (bicyclic) bond motifs is 1. The molecule has 1 saturated carbocycles. The van der Waals surface area contributed by atoms with Crippen LogP contribution in [0.2, 0.25) is 0 Å². The summed E-state index contributed by atoms with van der Waals surface area (Å²) in [7, 11) is 3.28. The number of benzene rings is 1. The molecule has 0 unspecified atom stereocenters. The van der Waals surface area contributed by atoms with Crippen LogP contribution in [-0.2, 0) is 13.0 Å². The Hall–Kier alpha value is -2.83. The number of ether oxygens (including phenoxy) is 2. The summed E-state index contributed by atoms with van der Waals surface area (Å²) in [6.07, 6.45) is 4.61. The summed E-state index contributed by atoms with van der Waals surface area (Å²) in [6, 6.07) is 6.01. The highest BCUT2D eigenvalue weighted by atomic mass is 16.5. The highest BCUT2D eigenvalue weighted by Gasteiger charge is 2.25. The van der Waals surface area contributed by atoms with Crippen molar-refractivity contribution in [2.24, 2.45) is 0 Å². The van der Waals surface area contributed by atoms with E-state index in [4.69, 9.17) is 9.47 Å². The Morgan fingerprint density at radius 1 is 1.19 bits per heavy atom. The van der Waals surface area contributed by atoms with Crippen LogP contribution in [0.5, 0.6) is 11.5 Å². The predicted octanol–water partition coefficient (Wildman–Crippen LogP) is 1.95. The molecule has 2 aliphatic rings. The smallest absolute Gasteiger partial charge is 0.270 e. The molecule has 136 valence electrons. The van der Waals surface area contributed by atoms with E-state index in [1.54, 1.807) is 26.5 Å². The maximum Gasteiger partial charge on any atom is 0.270 e. The monoisotopic (exact) mass is 354 g/mol. The minimum absolute atomic E-state index is 0.125. The average Bonchev–Trinajstić information content (AvgIpc) is 3.50. The van der Waals surface area contributed by atoms with Crippen LogP contribution in [0.4, 0.5) is 5.95 Å². The molecule has 1 N–H and O–H groups in total. The first-order chi connectivity index (χ1) is 12.7. The highest BCUT2D eigenvalue weighted by molar-refractivity contribution is 5.92. The van der Waals surface area contributed by atoms with E-state index in [2.05, 4.69) is 20.2 Å². The minimum atomic E-state index is -0.125. The molecule has 0 bridgehead atoms. The number of rotatable bonds is 5. The number of nitrogens with one attached hydrogen (secondary N) is 1. The van der Waals surface area contributed by atoms with Crippen molar-refractivity contribution in [3.63, 3.8) is 0 Å². The van der Waals surface area contributed by atoms with E-state index >= 15 is 0 Å². The second-order valence-corrected chi connectivity index (χ2v) is 6.64. The zero-order valence-electron chi connectivity index (χ0n) is 15.0. The molecule has 1 aliphatic carbocycles. The molecule has 1 fully saturated rings. The number of amides is 1. The third-order valence-corrected chi connectivity index (χ3v) is 4.79. The van der Waals surface area contributed by atoms with Gasteiger partial charge in [0.05, 0.1) is 14.2 Å². The van der Waals surface area contributed by atoms with Gasteiger partial charge in [-0.1, -0.05) is 0 Å². The topological polar surface area (TPSA) is 76.6 Å². The van der Waals surface area contributed by atoms with Gasteiger partial charge in [-0.25, -0.2) is 9.97 Å². The lowest BCUT2D eigenvalue weighted by Crippen LogP contribution is -2.33. The number of aromatic nitrogens is 2. The number of nitrogens with zero attached hydrogens (tertiary/aromatic N) is 3. The van der Waals surface area contributed by atoms with Crippen molar-refractivity contribution in [1.82, 2.24) is 15.3 Å². The Morgan fingerprint density at radius 3 is 2.62 bits per heavy atom. The molecule has 0 saturated heterocycles. The van der Waals surface area contributed by atoms with Crippen LogP contribution >= 0.6 is 0 Å². The molecule has 4 rings (SSSR count). The van der Waals surface area contributed by atoms with Crippen LogP contribution < -0.4 is 19.7 Å². The van der Waals surface area contributed by atoms with E-state index in [-0.39, 0.29) is 5.91 Å². The number of methoxy groups -OCH3 is 2. The lowest BCUT2D eigenvalue weighted by Gasteiger charge is -2.29. The van der Waals surface area contributed by atoms with Crippen LogP contribution in [0.3, 0.4) is 0 Å². The number of carbonyl (C=O) groups is 1. The molecule has 1 aromatic heterocycles. The maximum absolute atomic E-state index is 12.2. The summed E-state index contributed by atoms with van der Waals surface area (Å²) in [5.41, 5.74) is 2.81. The third kappa shape index (κ3) is 3.29. The molecule has 2 aromatic rings. The van der Waals surface area contributed by atoms with Gasteiger partial charge in [0.15, 0.2) is 11.5 Å². The molecule has 7 heteroatoms. The summed E-state index contributed by atoms with van der Waals surface area (Å²) in [5.74, 6) is 1.91. The summed E-state index contributed by atoms with van der Waals surface area (Å²) in [5, 5.41) is 2.97. The van der Waals surface area contributed by atoms with E-state index in [9.17, 15) is 4.79 Å². The quantitative estimate of drug-likeness (QED) is 0.884. The van der Waals surface area contributed by atoms with Crippen molar-refractivity contribution in [3.8, 4) is 11.5 Å².